The molecular weight excluding hydrogens is 173 g/mol. The summed E-state index contributed by atoms with van der Waals surface area (Å²) in [4.78, 5) is 11.3. The van der Waals surface area contributed by atoms with Crippen LogP contribution in [0.5, 0.6) is 0 Å². The van der Waals surface area contributed by atoms with Crippen molar-refractivity contribution in [3.63, 3.8) is 0 Å². The second-order valence-corrected chi connectivity index (χ2v) is 2.85. The Balaban J connectivity index is 2.57. The molecule has 0 radical (unpaired) electrons. The number of rotatable bonds is 0. The standard InChI is InChI=1S/C9H6FNO2/c10-6-2-1-5-3-8(11-13)9(12)7(5)4-6/h1-2,4,13H,3H2. The molecule has 0 saturated carbocycles. The van der Waals surface area contributed by atoms with E-state index in [1.54, 1.807) is 0 Å². The monoisotopic (exact) mass is 179 g/mol. The van der Waals surface area contributed by atoms with Gasteiger partial charge in [0.15, 0.2) is 0 Å². The fraction of sp³-hybridized carbons (Fsp3) is 0.111. The molecule has 4 heteroatoms. The van der Waals surface area contributed by atoms with E-state index in [4.69, 9.17) is 5.21 Å². The summed E-state index contributed by atoms with van der Waals surface area (Å²) in [5.41, 5.74) is 1.08. The first-order chi connectivity index (χ1) is 6.22. The zero-order valence-corrected chi connectivity index (χ0v) is 6.62. The van der Waals surface area contributed by atoms with Gasteiger partial charge in [0, 0.05) is 12.0 Å². The average molecular weight is 179 g/mol. The third-order valence-corrected chi connectivity index (χ3v) is 2.06. The van der Waals surface area contributed by atoms with E-state index in [-0.39, 0.29) is 12.1 Å². The van der Waals surface area contributed by atoms with Crippen LogP contribution >= 0.6 is 0 Å². The topological polar surface area (TPSA) is 49.7 Å². The lowest BCUT2D eigenvalue weighted by Crippen LogP contribution is -2.06. The summed E-state index contributed by atoms with van der Waals surface area (Å²) in [6.07, 6.45) is 0.283. The largest absolute Gasteiger partial charge is 0.411 e. The van der Waals surface area contributed by atoms with Gasteiger partial charge in [-0.05, 0) is 17.7 Å². The molecule has 0 spiro atoms. The molecule has 0 fully saturated rings. The number of benzene rings is 1. The highest BCUT2D eigenvalue weighted by Crippen LogP contribution is 2.20. The van der Waals surface area contributed by atoms with Crippen molar-refractivity contribution >= 4 is 11.5 Å². The summed E-state index contributed by atoms with van der Waals surface area (Å²) < 4.78 is 12.7. The summed E-state index contributed by atoms with van der Waals surface area (Å²) in [5, 5.41) is 11.3. The number of hydrogen-bond donors (Lipinski definition) is 1. The molecule has 1 aliphatic rings. The molecule has 2 rings (SSSR count). The number of halogens is 1. The van der Waals surface area contributed by atoms with Crippen LogP contribution in [0.1, 0.15) is 15.9 Å². The van der Waals surface area contributed by atoms with Gasteiger partial charge in [-0.1, -0.05) is 11.2 Å². The number of Topliss-reactive ketones (excluding diaryl/α,β-unsaturated/α-hetero) is 1. The van der Waals surface area contributed by atoms with Gasteiger partial charge in [-0.15, -0.1) is 0 Å². The average Bonchev–Trinajstić information content (AvgIpc) is 2.44. The van der Waals surface area contributed by atoms with Crippen LogP contribution in [-0.4, -0.2) is 16.7 Å². The number of fused-ring (bicyclic) bond motifs is 1. The Labute approximate surface area is 73.5 Å². The number of nitrogens with zero attached hydrogens (tertiary/aromatic N) is 1. The van der Waals surface area contributed by atoms with E-state index in [1.165, 1.54) is 12.1 Å². The lowest BCUT2D eigenvalue weighted by Gasteiger charge is -1.94. The fourth-order valence-corrected chi connectivity index (χ4v) is 1.41. The lowest BCUT2D eigenvalue weighted by atomic mass is 10.1. The van der Waals surface area contributed by atoms with Crippen LogP contribution in [0, 0.1) is 5.82 Å². The molecule has 1 N–H and O–H groups in total. The van der Waals surface area contributed by atoms with Crippen LogP contribution in [-0.2, 0) is 6.42 Å². The first-order valence-corrected chi connectivity index (χ1v) is 3.76. The van der Waals surface area contributed by atoms with Gasteiger partial charge in [-0.2, -0.15) is 0 Å². The second-order valence-electron chi connectivity index (χ2n) is 2.85. The predicted octanol–water partition coefficient (Wildman–Crippen LogP) is 1.39. The molecular formula is C9H6FNO2. The minimum absolute atomic E-state index is 0.0700. The van der Waals surface area contributed by atoms with Gasteiger partial charge in [-0.3, -0.25) is 4.79 Å². The SMILES string of the molecule is O=C1C(=NO)Cc2ccc(F)cc21. The zero-order valence-electron chi connectivity index (χ0n) is 6.62. The molecule has 0 amide bonds. The van der Waals surface area contributed by atoms with E-state index in [0.29, 0.717) is 11.1 Å². The molecule has 0 bridgehead atoms. The molecule has 66 valence electrons. The second kappa shape index (κ2) is 2.65. The smallest absolute Gasteiger partial charge is 0.211 e. The van der Waals surface area contributed by atoms with Crippen molar-refractivity contribution in [1.29, 1.82) is 0 Å². The van der Waals surface area contributed by atoms with E-state index in [1.807, 2.05) is 0 Å². The van der Waals surface area contributed by atoms with E-state index in [9.17, 15) is 9.18 Å². The lowest BCUT2D eigenvalue weighted by molar-refractivity contribution is 0.106. The summed E-state index contributed by atoms with van der Waals surface area (Å²) in [5.74, 6) is -0.844. The van der Waals surface area contributed by atoms with E-state index >= 15 is 0 Å². The molecule has 1 aromatic carbocycles. The van der Waals surface area contributed by atoms with Crippen LogP contribution in [0.25, 0.3) is 0 Å². The van der Waals surface area contributed by atoms with Crippen molar-refractivity contribution < 1.29 is 14.4 Å². The third-order valence-electron chi connectivity index (χ3n) is 2.06. The Hall–Kier alpha value is -1.71. The van der Waals surface area contributed by atoms with Crippen LogP contribution in [0.15, 0.2) is 23.4 Å². The maximum Gasteiger partial charge on any atom is 0.211 e. The Kier molecular flexibility index (Phi) is 1.62. The zero-order chi connectivity index (χ0) is 9.42. The third kappa shape index (κ3) is 1.11. The molecule has 1 aliphatic carbocycles. The van der Waals surface area contributed by atoms with Crippen molar-refractivity contribution in [3.05, 3.63) is 35.1 Å². The number of carbonyl (C=O) groups is 1. The van der Waals surface area contributed by atoms with Crippen LogP contribution in [0.2, 0.25) is 0 Å². The summed E-state index contributed by atoms with van der Waals surface area (Å²) in [6, 6.07) is 3.98. The van der Waals surface area contributed by atoms with E-state index in [0.717, 1.165) is 6.07 Å². The van der Waals surface area contributed by atoms with E-state index in [2.05, 4.69) is 5.16 Å². The normalized spacial score (nSPS) is 17.9. The first-order valence-electron chi connectivity index (χ1n) is 3.76. The van der Waals surface area contributed by atoms with Gasteiger partial charge in [0.05, 0.1) is 0 Å². The van der Waals surface area contributed by atoms with E-state index < -0.39 is 11.6 Å². The van der Waals surface area contributed by atoms with Crippen LogP contribution < -0.4 is 0 Å². The number of carbonyl (C=O) groups excluding carboxylic acids is 1. The molecule has 3 nitrogen and oxygen atoms in total. The van der Waals surface area contributed by atoms with Gasteiger partial charge >= 0.3 is 0 Å². The molecule has 0 heterocycles. The maximum absolute atomic E-state index is 12.7. The van der Waals surface area contributed by atoms with Crippen LogP contribution in [0.4, 0.5) is 4.39 Å². The summed E-state index contributed by atoms with van der Waals surface area (Å²) >= 11 is 0. The molecule has 0 saturated heterocycles. The van der Waals surface area contributed by atoms with Crippen LogP contribution in [0.3, 0.4) is 0 Å². The Morgan fingerprint density at radius 2 is 2.23 bits per heavy atom. The van der Waals surface area contributed by atoms with Gasteiger partial charge in [-0.25, -0.2) is 4.39 Å². The maximum atomic E-state index is 12.7. The molecule has 0 atom stereocenters. The Morgan fingerprint density at radius 1 is 1.46 bits per heavy atom. The van der Waals surface area contributed by atoms with Gasteiger partial charge < -0.3 is 5.21 Å². The van der Waals surface area contributed by atoms with Crippen molar-refractivity contribution in [2.24, 2.45) is 5.16 Å². The molecule has 13 heavy (non-hydrogen) atoms. The molecule has 0 unspecified atom stereocenters. The predicted molar refractivity (Wildman–Crippen MR) is 43.7 cm³/mol. The molecule has 1 aromatic rings. The van der Waals surface area contributed by atoms with Gasteiger partial charge in [0.25, 0.3) is 0 Å². The van der Waals surface area contributed by atoms with Crippen molar-refractivity contribution in [2.75, 3.05) is 0 Å². The quantitative estimate of drug-likeness (QED) is 0.483. The van der Waals surface area contributed by atoms with Crippen molar-refractivity contribution in [2.45, 2.75) is 6.42 Å². The highest BCUT2D eigenvalue weighted by atomic mass is 19.1. The first kappa shape index (κ1) is 7.91. The van der Waals surface area contributed by atoms with Crippen molar-refractivity contribution in [1.82, 2.24) is 0 Å². The summed E-state index contributed by atoms with van der Waals surface area (Å²) in [6.45, 7) is 0. The number of hydrogen-bond acceptors (Lipinski definition) is 3. The van der Waals surface area contributed by atoms with Crippen molar-refractivity contribution in [3.8, 4) is 0 Å². The molecule has 0 aromatic heterocycles. The molecule has 0 aliphatic heterocycles. The van der Waals surface area contributed by atoms with Gasteiger partial charge in [0.2, 0.25) is 5.78 Å². The minimum atomic E-state index is -0.453. The fourth-order valence-electron chi connectivity index (χ4n) is 1.41. The number of ketones is 1. The minimum Gasteiger partial charge on any atom is -0.411 e. The highest BCUT2D eigenvalue weighted by molar-refractivity contribution is 6.49. The highest BCUT2D eigenvalue weighted by Gasteiger charge is 2.26. The Bertz CT molecular complexity index is 412. The number of oxime groups is 1. The van der Waals surface area contributed by atoms with Gasteiger partial charge in [0.1, 0.15) is 11.5 Å². The Morgan fingerprint density at radius 3 is 2.92 bits per heavy atom. The summed E-state index contributed by atoms with van der Waals surface area (Å²) in [7, 11) is 0.